The number of rotatable bonds is 6. The monoisotopic (exact) mass is 445 g/mol. The van der Waals surface area contributed by atoms with Crippen molar-refractivity contribution in [2.24, 2.45) is 0 Å². The number of hydrogen-bond acceptors (Lipinski definition) is 8. The summed E-state index contributed by atoms with van der Waals surface area (Å²) in [6.07, 6.45) is -0.0411. The molecule has 4 rings (SSSR count). The third-order valence-corrected chi connectivity index (χ3v) is 6.64. The molecule has 0 saturated carbocycles. The quantitative estimate of drug-likeness (QED) is 0.436. The van der Waals surface area contributed by atoms with E-state index in [0.717, 1.165) is 16.9 Å². The smallest absolute Gasteiger partial charge is 0.417 e. The SMILES string of the molecule is COC(=O)Cc1sc(NS(=O)(=O)c2ccc3[nH]c(=O)oc3c2)nc1-c1ccccc1. The molecule has 0 atom stereocenters. The van der Waals surface area contributed by atoms with Crippen LogP contribution in [0.25, 0.3) is 22.4 Å². The molecule has 2 aromatic heterocycles. The van der Waals surface area contributed by atoms with E-state index in [9.17, 15) is 18.0 Å². The molecule has 0 unspecified atom stereocenters. The van der Waals surface area contributed by atoms with Crippen molar-refractivity contribution in [3.63, 3.8) is 0 Å². The minimum atomic E-state index is -4.01. The maximum atomic E-state index is 12.8. The number of carbonyl (C=O) groups is 1. The molecule has 0 bridgehead atoms. The molecule has 2 aromatic carbocycles. The van der Waals surface area contributed by atoms with E-state index >= 15 is 0 Å². The van der Waals surface area contributed by atoms with Crippen LogP contribution in [0.2, 0.25) is 0 Å². The number of aromatic nitrogens is 2. The number of anilines is 1. The third-order valence-electron chi connectivity index (χ3n) is 4.20. The minimum absolute atomic E-state index is 0.0411. The van der Waals surface area contributed by atoms with E-state index in [1.165, 1.54) is 25.3 Å². The minimum Gasteiger partial charge on any atom is -0.469 e. The van der Waals surface area contributed by atoms with Gasteiger partial charge in [-0.05, 0) is 12.1 Å². The number of aromatic amines is 1. The molecule has 0 amide bonds. The second-order valence-corrected chi connectivity index (χ2v) is 8.95. The summed E-state index contributed by atoms with van der Waals surface area (Å²) in [7, 11) is -2.73. The van der Waals surface area contributed by atoms with Gasteiger partial charge in [-0.3, -0.25) is 14.5 Å². The van der Waals surface area contributed by atoms with Crippen LogP contribution < -0.4 is 10.5 Å². The molecular formula is C19H15N3O6S2. The first kappa shape index (κ1) is 19.9. The summed E-state index contributed by atoms with van der Waals surface area (Å²) in [6.45, 7) is 0. The van der Waals surface area contributed by atoms with Crippen molar-refractivity contribution in [3.05, 3.63) is 64.0 Å². The number of methoxy groups -OCH3 is 1. The lowest BCUT2D eigenvalue weighted by molar-refractivity contribution is -0.139. The summed E-state index contributed by atoms with van der Waals surface area (Å²) in [4.78, 5) is 30.4. The highest BCUT2D eigenvalue weighted by Crippen LogP contribution is 2.33. The highest BCUT2D eigenvalue weighted by molar-refractivity contribution is 7.93. The molecule has 30 heavy (non-hydrogen) atoms. The van der Waals surface area contributed by atoms with Gasteiger partial charge in [0.05, 0.1) is 29.6 Å². The number of esters is 1. The van der Waals surface area contributed by atoms with Gasteiger partial charge in [-0.25, -0.2) is 18.2 Å². The first-order valence-electron chi connectivity index (χ1n) is 8.63. The van der Waals surface area contributed by atoms with Crippen LogP contribution in [-0.4, -0.2) is 31.5 Å². The normalized spacial score (nSPS) is 11.5. The zero-order valence-electron chi connectivity index (χ0n) is 15.5. The molecule has 0 spiro atoms. The molecule has 2 heterocycles. The van der Waals surface area contributed by atoms with E-state index in [2.05, 4.69) is 14.7 Å². The molecule has 0 aliphatic heterocycles. The summed E-state index contributed by atoms with van der Waals surface area (Å²) in [5.41, 5.74) is 1.75. The maximum Gasteiger partial charge on any atom is 0.417 e. The van der Waals surface area contributed by atoms with Gasteiger partial charge < -0.3 is 9.15 Å². The van der Waals surface area contributed by atoms with Crippen molar-refractivity contribution in [1.82, 2.24) is 9.97 Å². The van der Waals surface area contributed by atoms with Crippen molar-refractivity contribution >= 4 is 43.6 Å². The number of hydrogen-bond donors (Lipinski definition) is 2. The van der Waals surface area contributed by atoms with E-state index < -0.39 is 21.7 Å². The molecule has 0 aliphatic carbocycles. The largest absolute Gasteiger partial charge is 0.469 e. The number of fused-ring (bicyclic) bond motifs is 1. The van der Waals surface area contributed by atoms with Crippen molar-refractivity contribution in [1.29, 1.82) is 0 Å². The van der Waals surface area contributed by atoms with Gasteiger partial charge in [-0.15, -0.1) is 0 Å². The lowest BCUT2D eigenvalue weighted by Crippen LogP contribution is -2.12. The third kappa shape index (κ3) is 3.98. The van der Waals surface area contributed by atoms with Crippen LogP contribution in [-0.2, 0) is 26.0 Å². The first-order chi connectivity index (χ1) is 14.4. The van der Waals surface area contributed by atoms with Crippen LogP contribution in [0.3, 0.4) is 0 Å². The number of ether oxygens (including phenoxy) is 1. The van der Waals surface area contributed by atoms with Gasteiger partial charge >= 0.3 is 11.7 Å². The molecule has 2 N–H and O–H groups in total. The number of nitrogens with one attached hydrogen (secondary N) is 2. The number of nitrogens with zero attached hydrogens (tertiary/aromatic N) is 1. The molecule has 154 valence electrons. The summed E-state index contributed by atoms with van der Waals surface area (Å²) < 4.78 is 37.7. The number of carbonyl (C=O) groups excluding carboxylic acids is 1. The Morgan fingerprint density at radius 3 is 2.73 bits per heavy atom. The predicted molar refractivity (Wildman–Crippen MR) is 111 cm³/mol. The topological polar surface area (TPSA) is 131 Å². The van der Waals surface area contributed by atoms with Crippen molar-refractivity contribution in [2.75, 3.05) is 11.8 Å². The van der Waals surface area contributed by atoms with E-state index in [1.807, 2.05) is 30.3 Å². The maximum absolute atomic E-state index is 12.8. The number of oxazole rings is 1. The number of sulfonamides is 1. The molecule has 9 nitrogen and oxygen atoms in total. The second-order valence-electron chi connectivity index (χ2n) is 6.19. The fraction of sp³-hybridized carbons (Fsp3) is 0.105. The van der Waals surface area contributed by atoms with Crippen LogP contribution in [0.4, 0.5) is 5.13 Å². The standard InChI is InChI=1S/C19H15N3O6S2/c1-27-16(23)10-15-17(11-5-3-2-4-6-11)21-18(29-15)22-30(25,26)12-7-8-13-14(9-12)28-19(24)20-13/h2-9H,10H2,1H3,(H,20,24)(H,21,22). The average molecular weight is 445 g/mol. The van der Waals surface area contributed by atoms with Crippen molar-refractivity contribution in [2.45, 2.75) is 11.3 Å². The van der Waals surface area contributed by atoms with Gasteiger partial charge in [-0.1, -0.05) is 41.7 Å². The number of H-pyrrole nitrogens is 1. The van der Waals surface area contributed by atoms with Crippen molar-refractivity contribution < 1.29 is 22.4 Å². The Morgan fingerprint density at radius 1 is 1.23 bits per heavy atom. The molecule has 0 fully saturated rings. The number of benzene rings is 2. The second kappa shape index (κ2) is 7.76. The highest BCUT2D eigenvalue weighted by Gasteiger charge is 2.21. The van der Waals surface area contributed by atoms with Crippen LogP contribution in [0.15, 0.2) is 62.6 Å². The van der Waals surface area contributed by atoms with Crippen LogP contribution in [0.5, 0.6) is 0 Å². The van der Waals surface area contributed by atoms with E-state index in [1.54, 1.807) is 0 Å². The summed E-state index contributed by atoms with van der Waals surface area (Å²) in [6, 6.07) is 13.1. The first-order valence-corrected chi connectivity index (χ1v) is 10.9. The Balaban J connectivity index is 1.70. The molecule has 0 aliphatic rings. The van der Waals surface area contributed by atoms with E-state index in [0.29, 0.717) is 16.1 Å². The van der Waals surface area contributed by atoms with Gasteiger partial charge in [0, 0.05) is 16.5 Å². The Morgan fingerprint density at radius 2 is 2.00 bits per heavy atom. The zero-order valence-corrected chi connectivity index (χ0v) is 17.2. The molecule has 0 radical (unpaired) electrons. The van der Waals surface area contributed by atoms with Crippen LogP contribution in [0.1, 0.15) is 4.88 Å². The molecular weight excluding hydrogens is 430 g/mol. The van der Waals surface area contributed by atoms with Gasteiger partial charge in [0.25, 0.3) is 10.0 Å². The lowest BCUT2D eigenvalue weighted by atomic mass is 10.1. The van der Waals surface area contributed by atoms with Crippen LogP contribution in [0, 0.1) is 0 Å². The fourth-order valence-corrected chi connectivity index (χ4v) is 5.03. The van der Waals surface area contributed by atoms with Gasteiger partial charge in [-0.2, -0.15) is 0 Å². The Bertz CT molecular complexity index is 1390. The van der Waals surface area contributed by atoms with Crippen molar-refractivity contribution in [3.8, 4) is 11.3 Å². The highest BCUT2D eigenvalue weighted by atomic mass is 32.2. The summed E-state index contributed by atoms with van der Waals surface area (Å²) in [5.74, 6) is -1.13. The zero-order chi connectivity index (χ0) is 21.3. The molecule has 0 saturated heterocycles. The Hall–Kier alpha value is -3.44. The predicted octanol–water partition coefficient (Wildman–Crippen LogP) is 2.76. The molecule has 11 heteroatoms. The summed E-state index contributed by atoms with van der Waals surface area (Å²) >= 11 is 1.05. The van der Waals surface area contributed by atoms with Gasteiger partial charge in [0.1, 0.15) is 0 Å². The fourth-order valence-electron chi connectivity index (χ4n) is 2.81. The average Bonchev–Trinajstić information content (AvgIpc) is 3.29. The Kier molecular flexibility index (Phi) is 5.14. The lowest BCUT2D eigenvalue weighted by Gasteiger charge is -2.04. The molecule has 4 aromatic rings. The van der Waals surface area contributed by atoms with E-state index in [4.69, 9.17) is 9.15 Å². The van der Waals surface area contributed by atoms with Crippen LogP contribution >= 0.6 is 11.3 Å². The summed E-state index contributed by atoms with van der Waals surface area (Å²) in [5, 5.41) is 0.100. The van der Waals surface area contributed by atoms with Gasteiger partial charge in [0.15, 0.2) is 10.7 Å². The number of thiazole rings is 1. The van der Waals surface area contributed by atoms with E-state index in [-0.39, 0.29) is 22.0 Å². The van der Waals surface area contributed by atoms with Gasteiger partial charge in [0.2, 0.25) is 0 Å². The Labute approximate surface area is 174 Å².